The largest absolute Gasteiger partial charge is 0.341 e. The summed E-state index contributed by atoms with van der Waals surface area (Å²) in [5, 5.41) is 10.6. The third-order valence-corrected chi connectivity index (χ3v) is 6.08. The smallest absolute Gasteiger partial charge is 0.244 e. The number of carbonyl (C=O) groups is 1. The van der Waals surface area contributed by atoms with Crippen LogP contribution in [-0.4, -0.2) is 27.2 Å². The van der Waals surface area contributed by atoms with Crippen molar-refractivity contribution in [3.63, 3.8) is 0 Å². The summed E-state index contributed by atoms with van der Waals surface area (Å²) in [6.07, 6.45) is 1.04. The Morgan fingerprint density at radius 1 is 1.06 bits per heavy atom. The minimum Gasteiger partial charge on any atom is -0.341 e. The summed E-state index contributed by atoms with van der Waals surface area (Å²) in [5.74, 6) is 0.404. The first kappa shape index (κ1) is 20.5. The van der Waals surface area contributed by atoms with Crippen molar-refractivity contribution in [2.45, 2.75) is 13.0 Å². The number of carbonyl (C=O) groups excluding carboxylic acids is 1. The molecule has 4 aromatic rings. The van der Waals surface area contributed by atoms with E-state index in [9.17, 15) is 4.79 Å². The molecular formula is C24H20ClN5OS. The normalized spacial score (nSPS) is 12.6. The molecule has 0 unspecified atom stereocenters. The molecule has 2 heterocycles. The van der Waals surface area contributed by atoms with Crippen molar-refractivity contribution in [2.24, 2.45) is 0 Å². The molecule has 5 rings (SSSR count). The van der Waals surface area contributed by atoms with Crippen molar-refractivity contribution in [2.75, 3.05) is 16.8 Å². The summed E-state index contributed by atoms with van der Waals surface area (Å²) in [7, 11) is 0. The lowest BCUT2D eigenvalue weighted by Crippen LogP contribution is -2.19. The first-order chi connectivity index (χ1) is 15.6. The van der Waals surface area contributed by atoms with Gasteiger partial charge < -0.3 is 10.2 Å². The van der Waals surface area contributed by atoms with Crippen LogP contribution in [0.5, 0.6) is 0 Å². The van der Waals surface area contributed by atoms with E-state index in [4.69, 9.17) is 23.8 Å². The van der Waals surface area contributed by atoms with Gasteiger partial charge >= 0.3 is 0 Å². The molecule has 1 amide bonds. The van der Waals surface area contributed by atoms with Crippen LogP contribution in [0, 0.1) is 4.77 Å². The fourth-order valence-corrected chi connectivity index (χ4v) is 4.28. The molecule has 1 aliphatic rings. The van der Waals surface area contributed by atoms with Crippen molar-refractivity contribution >= 4 is 46.8 Å². The van der Waals surface area contributed by atoms with E-state index in [0.29, 0.717) is 15.6 Å². The highest BCUT2D eigenvalue weighted by Crippen LogP contribution is 2.34. The Bertz CT molecular complexity index is 1330. The van der Waals surface area contributed by atoms with E-state index in [-0.39, 0.29) is 12.5 Å². The van der Waals surface area contributed by atoms with E-state index < -0.39 is 0 Å². The Kier molecular flexibility index (Phi) is 5.51. The molecule has 0 saturated carbocycles. The maximum atomic E-state index is 12.7. The number of anilines is 3. The Labute approximate surface area is 195 Å². The van der Waals surface area contributed by atoms with E-state index >= 15 is 0 Å². The molecule has 32 heavy (non-hydrogen) atoms. The van der Waals surface area contributed by atoms with Gasteiger partial charge in [0, 0.05) is 34.2 Å². The number of fused-ring (bicyclic) bond motifs is 1. The van der Waals surface area contributed by atoms with Crippen LogP contribution in [0.3, 0.4) is 0 Å². The van der Waals surface area contributed by atoms with Crippen molar-refractivity contribution in [1.82, 2.24) is 14.8 Å². The standard InChI is InChI=1S/C24H20ClN5OS/c25-18-7-5-17(6-8-18)23-27-28-24(32)30(23)15-22(31)26-19-9-11-20(12-10-19)29-14-13-16-3-1-2-4-21(16)29/h1-12H,13-15H2,(H,26,31)(H,28,32). The molecule has 0 radical (unpaired) electrons. The number of halogens is 1. The number of rotatable bonds is 5. The van der Waals surface area contributed by atoms with Crippen LogP contribution in [-0.2, 0) is 17.8 Å². The van der Waals surface area contributed by atoms with E-state index in [0.717, 1.165) is 29.9 Å². The predicted molar refractivity (Wildman–Crippen MR) is 130 cm³/mol. The van der Waals surface area contributed by atoms with Crippen LogP contribution >= 0.6 is 23.8 Å². The topological polar surface area (TPSA) is 66.0 Å². The zero-order chi connectivity index (χ0) is 22.1. The zero-order valence-electron chi connectivity index (χ0n) is 17.1. The fraction of sp³-hybridized carbons (Fsp3) is 0.125. The highest BCUT2D eigenvalue weighted by atomic mass is 35.5. The van der Waals surface area contributed by atoms with Gasteiger partial charge in [0.05, 0.1) is 0 Å². The van der Waals surface area contributed by atoms with Crippen LogP contribution in [0.1, 0.15) is 5.56 Å². The molecule has 3 aromatic carbocycles. The van der Waals surface area contributed by atoms with Gasteiger partial charge in [-0.15, -0.1) is 0 Å². The molecule has 6 nitrogen and oxygen atoms in total. The minimum atomic E-state index is -0.183. The van der Waals surface area contributed by atoms with Gasteiger partial charge in [-0.3, -0.25) is 14.5 Å². The molecule has 0 atom stereocenters. The highest BCUT2D eigenvalue weighted by Gasteiger charge is 2.19. The van der Waals surface area contributed by atoms with Crippen molar-refractivity contribution < 1.29 is 4.79 Å². The Balaban J connectivity index is 1.29. The number of benzene rings is 3. The maximum Gasteiger partial charge on any atom is 0.244 e. The molecule has 0 aliphatic carbocycles. The number of amides is 1. The summed E-state index contributed by atoms with van der Waals surface area (Å²) in [4.78, 5) is 15.0. The summed E-state index contributed by atoms with van der Waals surface area (Å²) in [6.45, 7) is 1.01. The number of nitrogens with zero attached hydrogens (tertiary/aromatic N) is 3. The Morgan fingerprint density at radius 3 is 2.59 bits per heavy atom. The van der Waals surface area contributed by atoms with Gasteiger partial charge in [-0.05, 0) is 78.8 Å². The zero-order valence-corrected chi connectivity index (χ0v) is 18.7. The SMILES string of the molecule is O=C(Cn1c(-c2ccc(Cl)cc2)n[nH]c1=S)Nc1ccc(N2CCc3ccccc32)cc1. The van der Waals surface area contributed by atoms with Crippen molar-refractivity contribution in [1.29, 1.82) is 0 Å². The lowest BCUT2D eigenvalue weighted by Gasteiger charge is -2.20. The number of hydrogen-bond donors (Lipinski definition) is 2. The summed E-state index contributed by atoms with van der Waals surface area (Å²) in [5.41, 5.74) is 5.26. The second-order valence-electron chi connectivity index (χ2n) is 7.57. The number of nitrogens with one attached hydrogen (secondary N) is 2. The van der Waals surface area contributed by atoms with E-state index in [1.807, 2.05) is 36.4 Å². The Hall–Kier alpha value is -3.42. The maximum absolute atomic E-state index is 12.7. The number of H-pyrrole nitrogens is 1. The third kappa shape index (κ3) is 4.04. The van der Waals surface area contributed by atoms with E-state index in [1.165, 1.54) is 11.3 Å². The number of aromatic nitrogens is 3. The number of para-hydroxylation sites is 1. The van der Waals surface area contributed by atoms with Crippen molar-refractivity contribution in [3.8, 4) is 11.4 Å². The van der Waals surface area contributed by atoms with Crippen LogP contribution < -0.4 is 10.2 Å². The molecule has 0 bridgehead atoms. The molecule has 0 spiro atoms. The van der Waals surface area contributed by atoms with Gasteiger partial charge in [0.15, 0.2) is 10.6 Å². The minimum absolute atomic E-state index is 0.0501. The Morgan fingerprint density at radius 2 is 1.81 bits per heavy atom. The van der Waals surface area contributed by atoms with Crippen LogP contribution in [0.15, 0.2) is 72.8 Å². The molecule has 0 fully saturated rings. The van der Waals surface area contributed by atoms with Crippen molar-refractivity contribution in [3.05, 3.63) is 88.2 Å². The first-order valence-corrected chi connectivity index (χ1v) is 11.0. The third-order valence-electron chi connectivity index (χ3n) is 5.51. The first-order valence-electron chi connectivity index (χ1n) is 10.2. The summed E-state index contributed by atoms with van der Waals surface area (Å²) in [6, 6.07) is 23.6. The molecule has 8 heteroatoms. The molecule has 0 saturated heterocycles. The van der Waals surface area contributed by atoms with E-state index in [2.05, 4.69) is 44.7 Å². The average Bonchev–Trinajstić information content (AvgIpc) is 3.39. The molecule has 1 aromatic heterocycles. The fourth-order valence-electron chi connectivity index (χ4n) is 3.96. The van der Waals surface area contributed by atoms with Crippen LogP contribution in [0.2, 0.25) is 5.02 Å². The molecule has 2 N–H and O–H groups in total. The monoisotopic (exact) mass is 461 g/mol. The van der Waals surface area contributed by atoms with Gasteiger partial charge in [-0.2, -0.15) is 5.10 Å². The molecule has 160 valence electrons. The lowest BCUT2D eigenvalue weighted by atomic mass is 10.2. The average molecular weight is 462 g/mol. The van der Waals surface area contributed by atoms with E-state index in [1.54, 1.807) is 16.7 Å². The van der Waals surface area contributed by atoms with Gasteiger partial charge in [0.1, 0.15) is 6.54 Å². The van der Waals surface area contributed by atoms with Gasteiger partial charge in [-0.1, -0.05) is 29.8 Å². The van der Waals surface area contributed by atoms with Crippen LogP contribution in [0.4, 0.5) is 17.1 Å². The second kappa shape index (κ2) is 8.61. The lowest BCUT2D eigenvalue weighted by molar-refractivity contribution is -0.116. The van der Waals surface area contributed by atoms with Gasteiger partial charge in [-0.25, -0.2) is 0 Å². The summed E-state index contributed by atoms with van der Waals surface area (Å²) < 4.78 is 2.05. The molecule has 1 aliphatic heterocycles. The quantitative estimate of drug-likeness (QED) is 0.380. The number of aromatic amines is 1. The van der Waals surface area contributed by atoms with Crippen LogP contribution in [0.25, 0.3) is 11.4 Å². The predicted octanol–water partition coefficient (Wildman–Crippen LogP) is 5.59. The molecular weight excluding hydrogens is 442 g/mol. The highest BCUT2D eigenvalue weighted by molar-refractivity contribution is 7.71. The second-order valence-corrected chi connectivity index (χ2v) is 8.39. The number of hydrogen-bond acceptors (Lipinski definition) is 4. The van der Waals surface area contributed by atoms with Gasteiger partial charge in [0.2, 0.25) is 5.91 Å². The summed E-state index contributed by atoms with van der Waals surface area (Å²) >= 11 is 11.3. The van der Waals surface area contributed by atoms with Gasteiger partial charge in [0.25, 0.3) is 0 Å².